The van der Waals surface area contributed by atoms with E-state index in [1.165, 1.54) is 26.1 Å². The van der Waals surface area contributed by atoms with Gasteiger partial charge in [-0.1, -0.05) is 39.8 Å². The number of hydrogen-bond acceptors (Lipinski definition) is 7. The fraction of sp³-hybridized carbons (Fsp3) is 0.308. The topological polar surface area (TPSA) is 85.0 Å². The molecule has 6 nitrogen and oxygen atoms in total. The Kier molecular flexibility index (Phi) is 9.53. The van der Waals surface area contributed by atoms with Crippen LogP contribution in [-0.4, -0.2) is 34.1 Å². The summed E-state index contributed by atoms with van der Waals surface area (Å²) in [5, 5.41) is 4.29. The molecule has 1 aromatic rings. The minimum Gasteiger partial charge on any atom is -0.369 e. The van der Waals surface area contributed by atoms with E-state index in [0.717, 1.165) is 21.1 Å². The standard InChI is InChI=1S/C13H16BrN3O3S3/c1-3-12(21-8-11(15)18)16-20-13(19)17(2)23-22-10-6-4-9(14)5-7-10/h4-7H,3,8H2,1-2H3,(H2,15,18). The first-order chi connectivity index (χ1) is 10.9. The van der Waals surface area contributed by atoms with Gasteiger partial charge in [0.15, 0.2) is 0 Å². The van der Waals surface area contributed by atoms with Gasteiger partial charge in [-0.05, 0) is 41.5 Å². The van der Waals surface area contributed by atoms with Crippen molar-refractivity contribution in [2.24, 2.45) is 10.9 Å². The predicted octanol–water partition coefficient (Wildman–Crippen LogP) is 4.11. The Labute approximate surface area is 155 Å². The molecule has 0 bridgehead atoms. The number of oxime groups is 1. The van der Waals surface area contributed by atoms with Gasteiger partial charge in [0.25, 0.3) is 0 Å². The van der Waals surface area contributed by atoms with E-state index in [9.17, 15) is 9.59 Å². The Morgan fingerprint density at radius 1 is 1.35 bits per heavy atom. The van der Waals surface area contributed by atoms with Crippen molar-refractivity contribution in [3.63, 3.8) is 0 Å². The third-order valence-electron chi connectivity index (χ3n) is 2.23. The molecule has 0 aliphatic carbocycles. The van der Waals surface area contributed by atoms with Crippen LogP contribution in [0.5, 0.6) is 0 Å². The van der Waals surface area contributed by atoms with E-state index in [4.69, 9.17) is 10.6 Å². The van der Waals surface area contributed by atoms with Crippen LogP contribution in [0.2, 0.25) is 0 Å². The summed E-state index contributed by atoms with van der Waals surface area (Å²) in [4.78, 5) is 28.4. The first-order valence-corrected chi connectivity index (χ1v) is 10.3. The summed E-state index contributed by atoms with van der Waals surface area (Å²) >= 11 is 4.52. The number of carbonyl (C=O) groups is 2. The Morgan fingerprint density at radius 3 is 2.57 bits per heavy atom. The Balaban J connectivity index is 2.43. The number of nitrogens with zero attached hydrogens (tertiary/aromatic N) is 2. The van der Waals surface area contributed by atoms with Crippen molar-refractivity contribution >= 4 is 66.5 Å². The van der Waals surface area contributed by atoms with Crippen LogP contribution in [0.1, 0.15) is 13.3 Å². The summed E-state index contributed by atoms with van der Waals surface area (Å²) in [7, 11) is 4.25. The fourth-order valence-corrected chi connectivity index (χ4v) is 3.63. The van der Waals surface area contributed by atoms with Crippen molar-refractivity contribution in [2.45, 2.75) is 18.2 Å². The third kappa shape index (κ3) is 8.54. The molecule has 0 aromatic heterocycles. The summed E-state index contributed by atoms with van der Waals surface area (Å²) in [5.41, 5.74) is 5.06. The second kappa shape index (κ2) is 10.8. The highest BCUT2D eigenvalue weighted by Gasteiger charge is 2.13. The second-order valence-corrected chi connectivity index (χ2v) is 8.31. The van der Waals surface area contributed by atoms with Gasteiger partial charge in [-0.15, -0.1) is 0 Å². The smallest absolute Gasteiger partial charge is 0.369 e. The van der Waals surface area contributed by atoms with Crippen LogP contribution in [0, 0.1) is 0 Å². The third-order valence-corrected chi connectivity index (χ3v) is 6.26. The monoisotopic (exact) mass is 437 g/mol. The van der Waals surface area contributed by atoms with Gasteiger partial charge in [-0.2, -0.15) is 0 Å². The summed E-state index contributed by atoms with van der Waals surface area (Å²) < 4.78 is 2.33. The lowest BCUT2D eigenvalue weighted by atomic mass is 10.4. The van der Waals surface area contributed by atoms with E-state index in [0.29, 0.717) is 11.5 Å². The molecule has 2 amide bonds. The highest BCUT2D eigenvalue weighted by molar-refractivity contribution is 9.10. The van der Waals surface area contributed by atoms with Crippen LogP contribution in [-0.2, 0) is 9.63 Å². The van der Waals surface area contributed by atoms with E-state index in [2.05, 4.69) is 21.1 Å². The van der Waals surface area contributed by atoms with Gasteiger partial charge in [0.1, 0.15) is 5.04 Å². The maximum absolute atomic E-state index is 11.8. The number of rotatable bonds is 7. The van der Waals surface area contributed by atoms with Crippen LogP contribution in [0.25, 0.3) is 0 Å². The van der Waals surface area contributed by atoms with Crippen molar-refractivity contribution in [3.8, 4) is 0 Å². The molecule has 0 fully saturated rings. The van der Waals surface area contributed by atoms with Crippen molar-refractivity contribution in [1.82, 2.24) is 4.31 Å². The number of nitrogens with two attached hydrogens (primary N) is 1. The summed E-state index contributed by atoms with van der Waals surface area (Å²) in [6.45, 7) is 1.85. The first-order valence-electron chi connectivity index (χ1n) is 6.45. The Hall–Kier alpha value is -0.840. The molecule has 0 aliphatic heterocycles. The number of carbonyl (C=O) groups excluding carboxylic acids is 2. The molecule has 2 N–H and O–H groups in total. The average Bonchev–Trinajstić information content (AvgIpc) is 2.53. The average molecular weight is 438 g/mol. The number of thioether (sulfide) groups is 1. The zero-order chi connectivity index (χ0) is 17.2. The normalized spacial score (nSPS) is 11.2. The zero-order valence-electron chi connectivity index (χ0n) is 12.5. The largest absolute Gasteiger partial charge is 0.446 e. The van der Waals surface area contributed by atoms with E-state index < -0.39 is 12.0 Å². The zero-order valence-corrected chi connectivity index (χ0v) is 16.6. The molecule has 0 saturated carbocycles. The Morgan fingerprint density at radius 2 is 2.00 bits per heavy atom. The highest BCUT2D eigenvalue weighted by Crippen LogP contribution is 2.33. The van der Waals surface area contributed by atoms with Gasteiger partial charge in [0, 0.05) is 27.4 Å². The minimum absolute atomic E-state index is 0.105. The molecular formula is C13H16BrN3O3S3. The van der Waals surface area contributed by atoms with E-state index >= 15 is 0 Å². The molecule has 0 aliphatic rings. The summed E-state index contributed by atoms with van der Waals surface area (Å²) in [6.07, 6.45) is -0.0411. The van der Waals surface area contributed by atoms with Crippen LogP contribution in [0.15, 0.2) is 38.8 Å². The molecule has 1 rings (SSSR count). The predicted molar refractivity (Wildman–Crippen MR) is 101 cm³/mol. The van der Waals surface area contributed by atoms with E-state index in [-0.39, 0.29) is 5.75 Å². The lowest BCUT2D eigenvalue weighted by Crippen LogP contribution is -2.18. The van der Waals surface area contributed by atoms with Crippen LogP contribution >= 0.6 is 49.5 Å². The van der Waals surface area contributed by atoms with E-state index in [1.54, 1.807) is 7.05 Å². The van der Waals surface area contributed by atoms with Crippen LogP contribution in [0.4, 0.5) is 4.79 Å². The van der Waals surface area contributed by atoms with Crippen molar-refractivity contribution in [1.29, 1.82) is 0 Å². The molecule has 0 radical (unpaired) electrons. The van der Waals surface area contributed by atoms with Crippen LogP contribution < -0.4 is 5.73 Å². The lowest BCUT2D eigenvalue weighted by molar-refractivity contribution is -0.115. The molecule has 0 heterocycles. The van der Waals surface area contributed by atoms with Gasteiger partial charge < -0.3 is 5.73 Å². The molecule has 0 spiro atoms. The molecular weight excluding hydrogens is 422 g/mol. The maximum atomic E-state index is 11.8. The van der Waals surface area contributed by atoms with Crippen molar-refractivity contribution in [2.75, 3.05) is 12.8 Å². The molecule has 23 heavy (non-hydrogen) atoms. The molecule has 126 valence electrons. The second-order valence-electron chi connectivity index (χ2n) is 4.06. The van der Waals surface area contributed by atoms with E-state index in [1.807, 2.05) is 31.2 Å². The first kappa shape index (κ1) is 20.2. The van der Waals surface area contributed by atoms with Crippen molar-refractivity contribution in [3.05, 3.63) is 28.7 Å². The molecule has 0 saturated heterocycles. The molecule has 1 aromatic carbocycles. The number of hydrogen-bond donors (Lipinski definition) is 1. The molecule has 0 unspecified atom stereocenters. The van der Waals surface area contributed by atoms with Gasteiger partial charge in [0.05, 0.1) is 5.75 Å². The Bertz CT molecular complexity index is 569. The molecule has 10 heteroatoms. The fourth-order valence-electron chi connectivity index (χ4n) is 1.11. The SMILES string of the molecule is CCC(=NOC(=O)N(C)SSc1ccc(Br)cc1)SCC(N)=O. The number of amides is 2. The minimum atomic E-state index is -0.592. The lowest BCUT2D eigenvalue weighted by Gasteiger charge is -2.12. The van der Waals surface area contributed by atoms with Crippen LogP contribution in [0.3, 0.4) is 0 Å². The quantitative estimate of drug-likeness (QED) is 0.172. The number of primary amides is 1. The molecule has 0 atom stereocenters. The maximum Gasteiger partial charge on any atom is 0.446 e. The van der Waals surface area contributed by atoms with Crippen molar-refractivity contribution < 1.29 is 14.4 Å². The number of benzene rings is 1. The van der Waals surface area contributed by atoms with Gasteiger partial charge >= 0.3 is 6.09 Å². The van der Waals surface area contributed by atoms with Gasteiger partial charge in [-0.3, -0.25) is 9.63 Å². The number of halogens is 1. The highest BCUT2D eigenvalue weighted by atomic mass is 79.9. The van der Waals surface area contributed by atoms with Gasteiger partial charge in [0.2, 0.25) is 5.91 Å². The summed E-state index contributed by atoms with van der Waals surface area (Å²) in [5.74, 6) is -0.338. The van der Waals surface area contributed by atoms with Gasteiger partial charge in [-0.25, -0.2) is 9.10 Å². The summed E-state index contributed by atoms with van der Waals surface area (Å²) in [6, 6.07) is 7.73.